The lowest BCUT2D eigenvalue weighted by atomic mass is 9.60. The largest absolute Gasteiger partial charge is 0.508 e. The van der Waals surface area contributed by atoms with Crippen LogP contribution in [0.25, 0.3) is 32.9 Å². The molecule has 3 unspecified atom stereocenters. The van der Waals surface area contributed by atoms with E-state index in [2.05, 4.69) is 36.2 Å². The van der Waals surface area contributed by atoms with Gasteiger partial charge in [-0.2, -0.15) is 9.97 Å². The number of fused-ring (bicyclic) bond motifs is 5. The van der Waals surface area contributed by atoms with Crippen molar-refractivity contribution in [3.63, 3.8) is 0 Å². The van der Waals surface area contributed by atoms with Gasteiger partial charge in [-0.3, -0.25) is 39.3 Å². The Balaban J connectivity index is 0.648. The van der Waals surface area contributed by atoms with Crippen molar-refractivity contribution in [3.05, 3.63) is 76.7 Å². The average Bonchev–Trinajstić information content (AvgIpc) is 4.01. The summed E-state index contributed by atoms with van der Waals surface area (Å²) in [5.74, 6) is -1.70. The normalized spacial score (nSPS) is 24.7. The monoisotopic (exact) mass is 1010 g/mol. The van der Waals surface area contributed by atoms with Crippen molar-refractivity contribution in [3.8, 4) is 35.4 Å². The summed E-state index contributed by atoms with van der Waals surface area (Å²) in [6, 6.07) is 8.05. The molecule has 3 N–H and O–H groups in total. The first kappa shape index (κ1) is 46.9. The molecule has 8 heterocycles. The van der Waals surface area contributed by atoms with Gasteiger partial charge >= 0.3 is 6.01 Å². The van der Waals surface area contributed by atoms with E-state index >= 15 is 13.2 Å². The molecule has 5 aromatic rings. The lowest BCUT2D eigenvalue weighted by Gasteiger charge is -2.56. The van der Waals surface area contributed by atoms with E-state index in [1.807, 2.05) is 4.90 Å². The Morgan fingerprint density at radius 2 is 1.55 bits per heavy atom. The van der Waals surface area contributed by atoms with Crippen molar-refractivity contribution >= 4 is 56.8 Å². The number of benzene rings is 3. The topological polar surface area (TPSA) is 177 Å². The highest BCUT2D eigenvalue weighted by Gasteiger charge is 2.51. The van der Waals surface area contributed by atoms with Crippen molar-refractivity contribution in [2.75, 3.05) is 75.3 Å². The van der Waals surface area contributed by atoms with Crippen molar-refractivity contribution in [2.45, 2.75) is 88.4 Å². The quantitative estimate of drug-likeness (QED) is 0.118. The minimum atomic E-state index is -1.11. The zero-order valence-corrected chi connectivity index (χ0v) is 40.8. The zero-order chi connectivity index (χ0) is 50.8. The Bertz CT molecular complexity index is 3250. The number of pyridine rings is 1. The molecule has 6 aliphatic heterocycles. The van der Waals surface area contributed by atoms with Crippen molar-refractivity contribution in [1.82, 2.24) is 40.3 Å². The SMILES string of the molecule is C#Cc1c(F)ccc2cc(O)cc(-c3ncc4c(N5CC6CCC(C5)N6)nc(OCC5(CN6CCC7(CC6)CC(N6CCN(c8cc9c(cc8F)C(=O)N(C8CCC(=O)NC8=O)C9=O)CC6)C7)CC5)nc4c3F)c12. The van der Waals surface area contributed by atoms with Gasteiger partial charge in [-0.05, 0) is 112 Å². The van der Waals surface area contributed by atoms with Crippen LogP contribution < -0.4 is 25.2 Å². The first-order valence-electron chi connectivity index (χ1n) is 25.9. The van der Waals surface area contributed by atoms with Crippen LogP contribution in [0.4, 0.5) is 24.7 Å². The molecular formula is C55H55F3N10O6. The molecule has 2 aromatic heterocycles. The standard InChI is InChI=1S/C55H55F3N10O6/c1-2-35-40(56)6-3-30-19-34(69)20-38(45(30)35)47-46(58)48-39(25-59-47)49(67-26-31-4-5-32(27-67)60-31)63-53(62-48)74-29-55(9-10-55)28-64-13-11-54(12-14-64)23-33(24-54)65-15-17-66(18-16-65)43-22-37-36(21-41(43)57)51(72)68(52(37)73)42-7-8-44(70)61-50(42)71/h1,3,6,19-22,25,31-33,42,60,69H,4-5,7-18,23-24,26-29H2,(H,61,70,71). The molecule has 13 rings (SSSR count). The second kappa shape index (κ2) is 17.6. The van der Waals surface area contributed by atoms with Gasteiger partial charge in [0.2, 0.25) is 11.8 Å². The Labute approximate surface area is 424 Å². The van der Waals surface area contributed by atoms with E-state index in [9.17, 15) is 24.3 Å². The van der Waals surface area contributed by atoms with Crippen molar-refractivity contribution in [1.29, 1.82) is 0 Å². The molecule has 3 aromatic carbocycles. The number of halogens is 3. The number of phenolic OH excluding ortho intramolecular Hbond substituents is 1. The zero-order valence-electron chi connectivity index (χ0n) is 40.8. The van der Waals surface area contributed by atoms with Gasteiger partial charge in [-0.15, -0.1) is 6.42 Å². The minimum absolute atomic E-state index is 0.00878. The Hall–Kier alpha value is -6.88. The molecule has 74 heavy (non-hydrogen) atoms. The molecule has 4 amide bonds. The number of likely N-dealkylation sites (tertiary alicyclic amines) is 1. The molecule has 1 spiro atoms. The summed E-state index contributed by atoms with van der Waals surface area (Å²) in [5, 5.41) is 17.7. The fourth-order valence-corrected chi connectivity index (χ4v) is 13.3. The highest BCUT2D eigenvalue weighted by molar-refractivity contribution is 6.23. The lowest BCUT2D eigenvalue weighted by molar-refractivity contribution is -0.136. The molecule has 2 saturated carbocycles. The number of rotatable bonds is 10. The number of terminal acetylenes is 1. The maximum absolute atomic E-state index is 17.2. The summed E-state index contributed by atoms with van der Waals surface area (Å²) in [6.07, 6.45) is 15.9. The second-order valence-corrected chi connectivity index (χ2v) is 22.2. The number of piperazine rings is 2. The van der Waals surface area contributed by atoms with Gasteiger partial charge in [0.1, 0.15) is 40.5 Å². The smallest absolute Gasteiger partial charge is 0.319 e. The summed E-state index contributed by atoms with van der Waals surface area (Å²) in [5.41, 5.74) is 0.486. The molecule has 8 aliphatic rings. The minimum Gasteiger partial charge on any atom is -0.508 e. The molecule has 382 valence electrons. The number of ether oxygens (including phenoxy) is 1. The van der Waals surface area contributed by atoms with Crippen LogP contribution >= 0.6 is 0 Å². The Kier molecular flexibility index (Phi) is 11.2. The number of phenols is 1. The maximum atomic E-state index is 17.2. The third kappa shape index (κ3) is 7.98. The van der Waals surface area contributed by atoms with Crippen molar-refractivity contribution in [2.24, 2.45) is 10.8 Å². The number of aromatic hydroxyl groups is 1. The summed E-state index contributed by atoms with van der Waals surface area (Å²) in [6.45, 7) is 7.23. The van der Waals surface area contributed by atoms with E-state index < -0.39 is 47.1 Å². The predicted molar refractivity (Wildman–Crippen MR) is 267 cm³/mol. The van der Waals surface area contributed by atoms with E-state index in [1.165, 1.54) is 30.3 Å². The van der Waals surface area contributed by atoms with Gasteiger partial charge in [-0.25, -0.2) is 13.2 Å². The summed E-state index contributed by atoms with van der Waals surface area (Å²) < 4.78 is 54.4. The van der Waals surface area contributed by atoms with Crippen LogP contribution in [0.3, 0.4) is 0 Å². The van der Waals surface area contributed by atoms with Gasteiger partial charge < -0.3 is 29.9 Å². The third-order valence-corrected chi connectivity index (χ3v) is 17.6. The molecule has 0 radical (unpaired) electrons. The maximum Gasteiger partial charge on any atom is 0.319 e. The summed E-state index contributed by atoms with van der Waals surface area (Å²) in [7, 11) is 0. The Morgan fingerprint density at radius 1 is 0.824 bits per heavy atom. The number of imide groups is 2. The number of anilines is 2. The van der Waals surface area contributed by atoms with E-state index in [0.29, 0.717) is 55.4 Å². The predicted octanol–water partition coefficient (Wildman–Crippen LogP) is 5.52. The summed E-state index contributed by atoms with van der Waals surface area (Å²) in [4.78, 5) is 75.1. The van der Waals surface area contributed by atoms with E-state index in [-0.39, 0.29) is 92.1 Å². The van der Waals surface area contributed by atoms with E-state index in [0.717, 1.165) is 95.1 Å². The van der Waals surface area contributed by atoms with Crippen LogP contribution in [0.15, 0.2) is 42.6 Å². The van der Waals surface area contributed by atoms with Crippen LogP contribution in [0.1, 0.15) is 90.5 Å². The molecule has 16 nitrogen and oxygen atoms in total. The molecule has 7 fully saturated rings. The highest BCUT2D eigenvalue weighted by Crippen LogP contribution is 2.53. The number of carbonyl (C=O) groups excluding carboxylic acids is 4. The van der Waals surface area contributed by atoms with Gasteiger partial charge in [0, 0.05) is 92.9 Å². The molecule has 2 bridgehead atoms. The van der Waals surface area contributed by atoms with Crippen LogP contribution in [0, 0.1) is 40.6 Å². The fraction of sp³-hybridized carbons (Fsp3) is 0.473. The number of hydrogen-bond acceptors (Lipinski definition) is 14. The van der Waals surface area contributed by atoms with Crippen LogP contribution in [0.5, 0.6) is 11.8 Å². The first-order chi connectivity index (χ1) is 35.7. The van der Waals surface area contributed by atoms with Gasteiger partial charge in [0.15, 0.2) is 5.82 Å². The molecule has 19 heteroatoms. The van der Waals surface area contributed by atoms with Crippen LogP contribution in [-0.2, 0) is 9.59 Å². The average molecular weight is 1010 g/mol. The van der Waals surface area contributed by atoms with Gasteiger partial charge in [-0.1, -0.05) is 12.0 Å². The lowest BCUT2D eigenvalue weighted by Crippen LogP contribution is -2.59. The number of hydrogen-bond donors (Lipinski definition) is 3. The van der Waals surface area contributed by atoms with Gasteiger partial charge in [0.05, 0.1) is 34.4 Å². The first-order valence-corrected chi connectivity index (χ1v) is 25.9. The molecular weight excluding hydrogens is 954 g/mol. The number of aromatic nitrogens is 3. The highest BCUT2D eigenvalue weighted by atomic mass is 19.1. The number of nitrogens with zero attached hydrogens (tertiary/aromatic N) is 8. The third-order valence-electron chi connectivity index (χ3n) is 17.6. The number of amides is 4. The second-order valence-electron chi connectivity index (χ2n) is 22.2. The molecule has 2 aliphatic carbocycles. The summed E-state index contributed by atoms with van der Waals surface area (Å²) >= 11 is 0. The number of nitrogens with one attached hydrogen (secondary N) is 2. The van der Waals surface area contributed by atoms with Gasteiger partial charge in [0.25, 0.3) is 11.8 Å². The molecule has 5 saturated heterocycles. The van der Waals surface area contributed by atoms with Crippen LogP contribution in [0.2, 0.25) is 0 Å². The fourth-order valence-electron chi connectivity index (χ4n) is 13.3. The van der Waals surface area contributed by atoms with Crippen LogP contribution in [-0.4, -0.2) is 148 Å². The van der Waals surface area contributed by atoms with E-state index in [1.54, 1.807) is 6.20 Å². The van der Waals surface area contributed by atoms with Crippen molar-refractivity contribution < 1.29 is 42.2 Å². The number of carbonyl (C=O) groups is 4. The Morgan fingerprint density at radius 3 is 2.26 bits per heavy atom. The number of piperidine rings is 2. The molecule has 3 atom stereocenters. The van der Waals surface area contributed by atoms with E-state index in [4.69, 9.17) is 21.1 Å².